The smallest absolute Gasteiger partial charge is 0.492 e. The van der Waals surface area contributed by atoms with Crippen molar-refractivity contribution in [2.75, 3.05) is 14.2 Å². The van der Waals surface area contributed by atoms with Gasteiger partial charge >= 0.3 is 7.12 Å². The third-order valence-corrected chi connectivity index (χ3v) is 3.95. The van der Waals surface area contributed by atoms with Gasteiger partial charge in [-0.2, -0.15) is 0 Å². The molecule has 21 heavy (non-hydrogen) atoms. The van der Waals surface area contributed by atoms with E-state index < -0.39 is 7.12 Å². The molecule has 1 heterocycles. The van der Waals surface area contributed by atoms with Gasteiger partial charge in [0.15, 0.2) is 0 Å². The molecule has 0 amide bonds. The molecule has 0 aliphatic carbocycles. The molecule has 0 saturated heterocycles. The van der Waals surface area contributed by atoms with Crippen LogP contribution in [0.25, 0.3) is 0 Å². The summed E-state index contributed by atoms with van der Waals surface area (Å²) >= 11 is 1.64. The van der Waals surface area contributed by atoms with Gasteiger partial charge in [0, 0.05) is 23.9 Å². The molecule has 7 heteroatoms. The van der Waals surface area contributed by atoms with Crippen LogP contribution >= 0.6 is 11.3 Å². The second-order valence-corrected chi connectivity index (χ2v) is 6.04. The van der Waals surface area contributed by atoms with Gasteiger partial charge in [-0.15, -0.1) is 11.3 Å². The molecule has 0 radical (unpaired) electrons. The monoisotopic (exact) mass is 306 g/mol. The second kappa shape index (κ2) is 7.04. The summed E-state index contributed by atoms with van der Waals surface area (Å²) in [4.78, 5) is 6.57. The number of benzene rings is 1. The predicted octanol–water partition coefficient (Wildman–Crippen LogP) is 0.772. The molecular weight excluding hydrogens is 287 g/mol. The quantitative estimate of drug-likeness (QED) is 0.772. The molecule has 0 bridgehead atoms. The number of nitrogens with zero attached hydrogens (tertiary/aromatic N) is 2. The van der Waals surface area contributed by atoms with E-state index in [1.807, 2.05) is 20.0 Å². The molecule has 5 nitrogen and oxygen atoms in total. The van der Waals surface area contributed by atoms with E-state index in [1.54, 1.807) is 23.5 Å². The largest absolute Gasteiger partial charge is 0.497 e. The highest BCUT2D eigenvalue weighted by Crippen LogP contribution is 2.14. The molecule has 112 valence electrons. The normalized spacial score (nSPS) is 11.0. The summed E-state index contributed by atoms with van der Waals surface area (Å²) in [7, 11) is 1.98. The Kier molecular flexibility index (Phi) is 5.36. The first-order chi connectivity index (χ1) is 9.99. The van der Waals surface area contributed by atoms with Gasteiger partial charge < -0.3 is 14.8 Å². The Morgan fingerprint density at radius 1 is 1.33 bits per heavy atom. The van der Waals surface area contributed by atoms with Crippen LogP contribution in [0.1, 0.15) is 16.3 Å². The highest BCUT2D eigenvalue weighted by molar-refractivity contribution is 7.09. The molecule has 2 aromatic rings. The average molecular weight is 306 g/mol. The van der Waals surface area contributed by atoms with E-state index in [0.717, 1.165) is 22.8 Å². The van der Waals surface area contributed by atoms with Crippen molar-refractivity contribution in [2.24, 2.45) is 0 Å². The fourth-order valence-corrected chi connectivity index (χ4v) is 2.81. The van der Waals surface area contributed by atoms with Crippen LogP contribution in [0.2, 0.25) is 0 Å². The number of ether oxygens (including phenoxy) is 1. The van der Waals surface area contributed by atoms with Crippen LogP contribution in [0.3, 0.4) is 0 Å². The molecule has 2 N–H and O–H groups in total. The first-order valence-corrected chi connectivity index (χ1v) is 7.50. The Hall–Kier alpha value is -1.41. The van der Waals surface area contributed by atoms with E-state index in [2.05, 4.69) is 15.3 Å². The molecule has 0 atom stereocenters. The van der Waals surface area contributed by atoms with Crippen molar-refractivity contribution in [3.05, 3.63) is 39.8 Å². The van der Waals surface area contributed by atoms with Crippen LogP contribution in [-0.4, -0.2) is 41.2 Å². The van der Waals surface area contributed by atoms with E-state index in [-0.39, 0.29) is 0 Å². The van der Waals surface area contributed by atoms with Crippen LogP contribution in [-0.2, 0) is 13.1 Å². The second-order valence-electron chi connectivity index (χ2n) is 4.98. The lowest BCUT2D eigenvalue weighted by Gasteiger charge is -2.17. The Labute approximate surface area is 129 Å². The SMILES string of the molecule is COc1ccc(CN(C)Cc2csc(C)n2)cc1B(O)O. The van der Waals surface area contributed by atoms with E-state index in [0.29, 0.717) is 17.8 Å². The van der Waals surface area contributed by atoms with Crippen LogP contribution in [0.4, 0.5) is 0 Å². The highest BCUT2D eigenvalue weighted by atomic mass is 32.1. The van der Waals surface area contributed by atoms with Crippen molar-refractivity contribution in [1.82, 2.24) is 9.88 Å². The summed E-state index contributed by atoms with van der Waals surface area (Å²) in [6, 6.07) is 5.44. The van der Waals surface area contributed by atoms with Gasteiger partial charge in [-0.1, -0.05) is 12.1 Å². The fraction of sp³-hybridized carbons (Fsp3) is 0.357. The van der Waals surface area contributed by atoms with E-state index >= 15 is 0 Å². The summed E-state index contributed by atoms with van der Waals surface area (Å²) in [5, 5.41) is 21.9. The standard InChI is InChI=1S/C14H19BN2O3S/c1-10-16-12(9-21-10)8-17(2)7-11-4-5-14(20-3)13(6-11)15(18)19/h4-6,9,18-19H,7-8H2,1-3H3. The van der Waals surface area contributed by atoms with Gasteiger partial charge in [0.25, 0.3) is 0 Å². The van der Waals surface area contributed by atoms with Crippen molar-refractivity contribution in [3.8, 4) is 5.75 Å². The van der Waals surface area contributed by atoms with Crippen LogP contribution in [0.5, 0.6) is 5.75 Å². The van der Waals surface area contributed by atoms with Crippen LogP contribution in [0, 0.1) is 6.92 Å². The molecular formula is C14H19BN2O3S. The molecule has 1 aromatic carbocycles. The summed E-state index contributed by atoms with van der Waals surface area (Å²) in [6.07, 6.45) is 0. The van der Waals surface area contributed by atoms with E-state index in [1.165, 1.54) is 7.11 Å². The van der Waals surface area contributed by atoms with Crippen LogP contribution in [0.15, 0.2) is 23.6 Å². The van der Waals surface area contributed by atoms with Crippen molar-refractivity contribution in [1.29, 1.82) is 0 Å². The maximum Gasteiger partial charge on any atom is 0.492 e. The predicted molar refractivity (Wildman–Crippen MR) is 84.8 cm³/mol. The minimum atomic E-state index is -1.54. The number of aryl methyl sites for hydroxylation is 1. The van der Waals surface area contributed by atoms with Crippen molar-refractivity contribution >= 4 is 23.9 Å². The van der Waals surface area contributed by atoms with Gasteiger partial charge in [0.05, 0.1) is 17.8 Å². The number of aromatic nitrogens is 1. The Morgan fingerprint density at radius 2 is 2.10 bits per heavy atom. The van der Waals surface area contributed by atoms with E-state index in [4.69, 9.17) is 4.74 Å². The molecule has 0 spiro atoms. The summed E-state index contributed by atoms with van der Waals surface area (Å²) in [6.45, 7) is 3.44. The Balaban J connectivity index is 2.06. The molecule has 0 saturated carbocycles. The summed E-state index contributed by atoms with van der Waals surface area (Å²) < 4.78 is 5.12. The molecule has 0 fully saturated rings. The average Bonchev–Trinajstić information content (AvgIpc) is 2.83. The zero-order valence-corrected chi connectivity index (χ0v) is 13.2. The Bertz CT molecular complexity index is 604. The third-order valence-electron chi connectivity index (χ3n) is 3.12. The Morgan fingerprint density at radius 3 is 2.67 bits per heavy atom. The molecule has 0 unspecified atom stereocenters. The zero-order valence-electron chi connectivity index (χ0n) is 12.4. The number of hydrogen-bond donors (Lipinski definition) is 2. The molecule has 2 rings (SSSR count). The molecule has 1 aromatic heterocycles. The lowest BCUT2D eigenvalue weighted by Crippen LogP contribution is -2.32. The zero-order chi connectivity index (χ0) is 15.4. The fourth-order valence-electron chi connectivity index (χ4n) is 2.21. The maximum atomic E-state index is 9.39. The lowest BCUT2D eigenvalue weighted by molar-refractivity contribution is 0.315. The van der Waals surface area contributed by atoms with Gasteiger partial charge in [-0.25, -0.2) is 4.98 Å². The first kappa shape index (κ1) is 16.0. The van der Waals surface area contributed by atoms with Crippen molar-refractivity contribution in [2.45, 2.75) is 20.0 Å². The van der Waals surface area contributed by atoms with Gasteiger partial charge in [0.2, 0.25) is 0 Å². The maximum absolute atomic E-state index is 9.39. The highest BCUT2D eigenvalue weighted by Gasteiger charge is 2.17. The number of thiazole rings is 1. The van der Waals surface area contributed by atoms with Gasteiger partial charge in [0.1, 0.15) is 5.75 Å². The van der Waals surface area contributed by atoms with Crippen molar-refractivity contribution in [3.63, 3.8) is 0 Å². The molecule has 0 aliphatic heterocycles. The van der Waals surface area contributed by atoms with Gasteiger partial charge in [-0.05, 0) is 25.6 Å². The van der Waals surface area contributed by atoms with Crippen LogP contribution < -0.4 is 10.2 Å². The minimum Gasteiger partial charge on any atom is -0.497 e. The summed E-state index contributed by atoms with van der Waals surface area (Å²) in [5.41, 5.74) is 2.43. The van der Waals surface area contributed by atoms with E-state index in [9.17, 15) is 10.0 Å². The first-order valence-electron chi connectivity index (χ1n) is 6.62. The lowest BCUT2D eigenvalue weighted by atomic mass is 9.78. The minimum absolute atomic E-state index is 0.382. The third kappa shape index (κ3) is 4.28. The summed E-state index contributed by atoms with van der Waals surface area (Å²) in [5.74, 6) is 0.478. The number of rotatable bonds is 6. The van der Waals surface area contributed by atoms with Crippen molar-refractivity contribution < 1.29 is 14.8 Å². The number of hydrogen-bond acceptors (Lipinski definition) is 6. The van der Waals surface area contributed by atoms with Gasteiger partial charge in [-0.3, -0.25) is 4.90 Å². The topological polar surface area (TPSA) is 65.8 Å². The number of methoxy groups -OCH3 is 1. The molecule has 0 aliphatic rings.